The molecule has 0 fully saturated rings. The molecule has 30 heavy (non-hydrogen) atoms. The fourth-order valence-electron chi connectivity index (χ4n) is 3.23. The van der Waals surface area contributed by atoms with Gasteiger partial charge in [-0.1, -0.05) is 48.5 Å². The van der Waals surface area contributed by atoms with Crippen LogP contribution in [0.5, 0.6) is 5.75 Å². The van der Waals surface area contributed by atoms with Crippen LogP contribution in [0.1, 0.15) is 11.1 Å². The van der Waals surface area contributed by atoms with Gasteiger partial charge in [-0.05, 0) is 41.5 Å². The fourth-order valence-corrected chi connectivity index (χ4v) is 4.63. The smallest absolute Gasteiger partial charge is 0.310 e. The molecule has 0 atom stereocenters. The number of carbonyl (C=O) groups is 1. The normalized spacial score (nSPS) is 11.5. The lowest BCUT2D eigenvalue weighted by molar-refractivity contribution is -0.144. The molecule has 0 unspecified atom stereocenters. The van der Waals surface area contributed by atoms with Crippen LogP contribution in [0.3, 0.4) is 0 Å². The Morgan fingerprint density at radius 3 is 2.30 bits per heavy atom. The average molecular weight is 421 g/mol. The summed E-state index contributed by atoms with van der Waals surface area (Å²) in [5, 5.41) is 10.1. The number of phenolic OH excluding ortho intramolecular Hbond substituents is 1. The van der Waals surface area contributed by atoms with Crippen molar-refractivity contribution in [1.82, 2.24) is 3.97 Å². The molecule has 152 valence electrons. The maximum Gasteiger partial charge on any atom is 0.310 e. The van der Waals surface area contributed by atoms with E-state index in [1.807, 2.05) is 30.3 Å². The van der Waals surface area contributed by atoms with E-state index in [0.29, 0.717) is 16.5 Å². The lowest BCUT2D eigenvalue weighted by Crippen LogP contribution is -2.12. The van der Waals surface area contributed by atoms with Crippen LogP contribution < -0.4 is 0 Å². The molecule has 0 amide bonds. The Balaban J connectivity index is 1.64. The standard InChI is InChI=1S/C23H19NO5S/c25-19-10-12-20(13-11-19)30(27,28)24-15-18(21-8-4-5-9-22(21)24)14-23(26)29-16-17-6-2-1-3-7-17/h1-13,15,25H,14,16H2. The Labute approximate surface area is 174 Å². The average Bonchev–Trinajstić information content (AvgIpc) is 3.13. The van der Waals surface area contributed by atoms with E-state index in [9.17, 15) is 18.3 Å². The summed E-state index contributed by atoms with van der Waals surface area (Å²) >= 11 is 0. The topological polar surface area (TPSA) is 85.6 Å². The van der Waals surface area contributed by atoms with Gasteiger partial charge in [0.1, 0.15) is 12.4 Å². The summed E-state index contributed by atoms with van der Waals surface area (Å²) < 4.78 is 32.8. The molecule has 6 nitrogen and oxygen atoms in total. The first-order chi connectivity index (χ1) is 14.4. The highest BCUT2D eigenvalue weighted by atomic mass is 32.2. The molecule has 0 saturated heterocycles. The van der Waals surface area contributed by atoms with Crippen molar-refractivity contribution in [3.8, 4) is 5.75 Å². The number of hydrogen-bond donors (Lipinski definition) is 1. The molecule has 4 rings (SSSR count). The van der Waals surface area contributed by atoms with Crippen molar-refractivity contribution in [1.29, 1.82) is 0 Å². The molecule has 0 saturated carbocycles. The lowest BCUT2D eigenvalue weighted by atomic mass is 10.1. The van der Waals surface area contributed by atoms with Crippen molar-refractivity contribution in [3.63, 3.8) is 0 Å². The molecule has 0 aliphatic heterocycles. The summed E-state index contributed by atoms with van der Waals surface area (Å²) in [6, 6.07) is 21.7. The van der Waals surface area contributed by atoms with Gasteiger partial charge in [0, 0.05) is 11.6 Å². The second-order valence-electron chi connectivity index (χ2n) is 6.79. The number of phenols is 1. The van der Waals surface area contributed by atoms with E-state index in [2.05, 4.69) is 0 Å². The molecular formula is C23H19NO5S. The van der Waals surface area contributed by atoms with E-state index in [4.69, 9.17) is 4.74 Å². The number of rotatable bonds is 6. The first kappa shape index (κ1) is 19.7. The van der Waals surface area contributed by atoms with Gasteiger partial charge < -0.3 is 9.84 Å². The monoisotopic (exact) mass is 421 g/mol. The highest BCUT2D eigenvalue weighted by Crippen LogP contribution is 2.27. The number of fused-ring (bicyclic) bond motifs is 1. The largest absolute Gasteiger partial charge is 0.508 e. The zero-order chi connectivity index (χ0) is 21.1. The molecule has 0 spiro atoms. The van der Waals surface area contributed by atoms with Crippen LogP contribution in [0.4, 0.5) is 0 Å². The lowest BCUT2D eigenvalue weighted by Gasteiger charge is -2.07. The van der Waals surface area contributed by atoms with Crippen LogP contribution >= 0.6 is 0 Å². The maximum absolute atomic E-state index is 13.1. The van der Waals surface area contributed by atoms with Gasteiger partial charge in [-0.3, -0.25) is 4.79 Å². The minimum absolute atomic E-state index is 0.0202. The second-order valence-corrected chi connectivity index (χ2v) is 8.60. The van der Waals surface area contributed by atoms with E-state index < -0.39 is 16.0 Å². The van der Waals surface area contributed by atoms with Crippen molar-refractivity contribution in [2.75, 3.05) is 0 Å². The van der Waals surface area contributed by atoms with Gasteiger partial charge in [0.2, 0.25) is 0 Å². The maximum atomic E-state index is 13.1. The SMILES string of the molecule is O=C(Cc1cn(S(=O)(=O)c2ccc(O)cc2)c2ccccc12)OCc1ccccc1. The number of aromatic hydroxyl groups is 1. The van der Waals surface area contributed by atoms with E-state index in [1.165, 1.54) is 30.5 Å². The molecule has 0 bridgehead atoms. The van der Waals surface area contributed by atoms with Gasteiger partial charge in [0.25, 0.3) is 10.0 Å². The molecule has 0 aliphatic rings. The molecular weight excluding hydrogens is 402 g/mol. The number of ether oxygens (including phenoxy) is 1. The number of para-hydroxylation sites is 1. The van der Waals surface area contributed by atoms with Crippen LogP contribution in [0, 0.1) is 0 Å². The Morgan fingerprint density at radius 1 is 0.900 bits per heavy atom. The Morgan fingerprint density at radius 2 is 1.57 bits per heavy atom. The first-order valence-electron chi connectivity index (χ1n) is 9.28. The zero-order valence-electron chi connectivity index (χ0n) is 15.9. The minimum Gasteiger partial charge on any atom is -0.508 e. The van der Waals surface area contributed by atoms with Gasteiger partial charge in [0.15, 0.2) is 0 Å². The first-order valence-corrected chi connectivity index (χ1v) is 10.7. The molecule has 3 aromatic carbocycles. The highest BCUT2D eigenvalue weighted by Gasteiger charge is 2.22. The van der Waals surface area contributed by atoms with Gasteiger partial charge in [-0.2, -0.15) is 0 Å². The quantitative estimate of drug-likeness (QED) is 0.478. The minimum atomic E-state index is -3.90. The third-order valence-electron chi connectivity index (χ3n) is 4.73. The number of esters is 1. The van der Waals surface area contributed by atoms with Crippen molar-refractivity contribution in [2.24, 2.45) is 0 Å². The Bertz CT molecular complexity index is 1290. The van der Waals surface area contributed by atoms with Crippen LogP contribution in [0.15, 0.2) is 90.0 Å². The van der Waals surface area contributed by atoms with Crippen LogP contribution in [0.2, 0.25) is 0 Å². The second kappa shape index (κ2) is 8.04. The molecule has 1 heterocycles. The summed E-state index contributed by atoms with van der Waals surface area (Å²) in [5.41, 5.74) is 1.91. The fraction of sp³-hybridized carbons (Fsp3) is 0.0870. The van der Waals surface area contributed by atoms with Crippen LogP contribution in [0.25, 0.3) is 10.9 Å². The predicted molar refractivity (Wildman–Crippen MR) is 113 cm³/mol. The van der Waals surface area contributed by atoms with E-state index >= 15 is 0 Å². The summed E-state index contributed by atoms with van der Waals surface area (Å²) in [6.45, 7) is 0.157. The van der Waals surface area contributed by atoms with Crippen molar-refractivity contribution >= 4 is 26.9 Å². The van der Waals surface area contributed by atoms with Gasteiger partial charge in [0.05, 0.1) is 16.8 Å². The van der Waals surface area contributed by atoms with Crippen LogP contribution in [-0.2, 0) is 32.6 Å². The van der Waals surface area contributed by atoms with Crippen molar-refractivity contribution < 1.29 is 23.1 Å². The summed E-state index contributed by atoms with van der Waals surface area (Å²) in [7, 11) is -3.90. The number of hydrogen-bond acceptors (Lipinski definition) is 5. The Kier molecular flexibility index (Phi) is 5.29. The summed E-state index contributed by atoms with van der Waals surface area (Å²) in [6.07, 6.45) is 1.40. The number of nitrogens with zero attached hydrogens (tertiary/aromatic N) is 1. The van der Waals surface area contributed by atoms with E-state index in [1.54, 1.807) is 24.3 Å². The number of aromatic nitrogens is 1. The Hall–Kier alpha value is -3.58. The third-order valence-corrected chi connectivity index (χ3v) is 6.42. The molecule has 0 radical (unpaired) electrons. The number of carbonyl (C=O) groups excluding carboxylic acids is 1. The molecule has 1 N–H and O–H groups in total. The van der Waals surface area contributed by atoms with Crippen molar-refractivity contribution in [3.05, 3.63) is 96.2 Å². The number of benzene rings is 3. The van der Waals surface area contributed by atoms with E-state index in [-0.39, 0.29) is 23.7 Å². The molecule has 7 heteroatoms. The summed E-state index contributed by atoms with van der Waals surface area (Å²) in [5.74, 6) is -0.461. The zero-order valence-corrected chi connectivity index (χ0v) is 16.7. The van der Waals surface area contributed by atoms with Gasteiger partial charge >= 0.3 is 5.97 Å². The molecule has 4 aromatic rings. The van der Waals surface area contributed by atoms with Crippen molar-refractivity contribution in [2.45, 2.75) is 17.9 Å². The molecule has 1 aromatic heterocycles. The van der Waals surface area contributed by atoms with E-state index in [0.717, 1.165) is 9.54 Å². The highest BCUT2D eigenvalue weighted by molar-refractivity contribution is 7.90. The van der Waals surface area contributed by atoms with Crippen LogP contribution in [-0.4, -0.2) is 23.5 Å². The third kappa shape index (κ3) is 3.92. The molecule has 0 aliphatic carbocycles. The predicted octanol–water partition coefficient (Wildman–Crippen LogP) is 3.87. The van der Waals surface area contributed by atoms with Gasteiger partial charge in [-0.15, -0.1) is 0 Å². The summed E-state index contributed by atoms with van der Waals surface area (Å²) in [4.78, 5) is 12.4. The van der Waals surface area contributed by atoms with Gasteiger partial charge in [-0.25, -0.2) is 12.4 Å².